The smallest absolute Gasteiger partial charge is 0.337 e. The van der Waals surface area contributed by atoms with Crippen molar-refractivity contribution < 1.29 is 24.2 Å². The number of carboxylic acids is 1. The summed E-state index contributed by atoms with van der Waals surface area (Å²) in [6.45, 7) is 0. The molecule has 1 aromatic heterocycles. The number of hydrogen-bond donors (Lipinski definition) is 2. The summed E-state index contributed by atoms with van der Waals surface area (Å²) in [6, 6.07) is 20.6. The van der Waals surface area contributed by atoms with Crippen LogP contribution in [0.3, 0.4) is 0 Å². The summed E-state index contributed by atoms with van der Waals surface area (Å²) in [5.41, 5.74) is 2.56. The summed E-state index contributed by atoms with van der Waals surface area (Å²) in [6.07, 6.45) is 0. The quantitative estimate of drug-likeness (QED) is 0.455. The second-order valence-corrected chi connectivity index (χ2v) is 6.95. The zero-order chi connectivity index (χ0) is 22.7. The topological polar surface area (TPSA) is 97.8 Å². The van der Waals surface area contributed by atoms with E-state index >= 15 is 0 Å². The lowest BCUT2D eigenvalue weighted by Crippen LogP contribution is -2.15. The standard InChI is InChI=1S/C25H20N2O5/c1-31-22-12-11-15(13-23(22)32-2)21-14-18(16-7-3-5-9-19(16)26-21)24(28)27-20-10-6-4-8-17(20)25(29)30/h3-14H,1-2H3,(H,27,28)(H,29,30). The first kappa shape index (κ1) is 20.9. The summed E-state index contributed by atoms with van der Waals surface area (Å²) in [7, 11) is 3.11. The molecule has 0 saturated heterocycles. The van der Waals surface area contributed by atoms with E-state index in [1.54, 1.807) is 56.7 Å². The number of nitrogens with one attached hydrogen (secondary N) is 1. The average Bonchev–Trinajstić information content (AvgIpc) is 2.83. The number of aromatic carboxylic acids is 1. The Morgan fingerprint density at radius 1 is 0.844 bits per heavy atom. The third-order valence-electron chi connectivity index (χ3n) is 5.05. The normalized spacial score (nSPS) is 10.6. The fourth-order valence-corrected chi connectivity index (χ4v) is 3.47. The molecule has 0 atom stereocenters. The SMILES string of the molecule is COc1ccc(-c2cc(C(=O)Nc3ccccc3C(=O)O)c3ccccc3n2)cc1OC. The second-order valence-electron chi connectivity index (χ2n) is 6.95. The zero-order valence-corrected chi connectivity index (χ0v) is 17.5. The molecule has 0 aliphatic rings. The third kappa shape index (κ3) is 3.96. The predicted molar refractivity (Wildman–Crippen MR) is 122 cm³/mol. The van der Waals surface area contributed by atoms with Gasteiger partial charge in [-0.25, -0.2) is 9.78 Å². The van der Waals surface area contributed by atoms with Crippen LogP contribution in [0.25, 0.3) is 22.2 Å². The lowest BCUT2D eigenvalue weighted by atomic mass is 10.0. The monoisotopic (exact) mass is 428 g/mol. The molecule has 7 nitrogen and oxygen atoms in total. The number of carbonyl (C=O) groups excluding carboxylic acids is 1. The van der Waals surface area contributed by atoms with Crippen molar-refractivity contribution in [1.29, 1.82) is 0 Å². The van der Waals surface area contributed by atoms with E-state index in [-0.39, 0.29) is 11.3 Å². The molecule has 4 rings (SSSR count). The number of methoxy groups -OCH3 is 2. The highest BCUT2D eigenvalue weighted by atomic mass is 16.5. The van der Waals surface area contributed by atoms with Crippen LogP contribution in [-0.2, 0) is 0 Å². The number of hydrogen-bond acceptors (Lipinski definition) is 5. The molecule has 0 fully saturated rings. The van der Waals surface area contributed by atoms with Crippen molar-refractivity contribution >= 4 is 28.5 Å². The van der Waals surface area contributed by atoms with Crippen LogP contribution in [0, 0.1) is 0 Å². The largest absolute Gasteiger partial charge is 0.493 e. The Bertz CT molecular complexity index is 1330. The molecule has 0 aliphatic heterocycles. The molecular formula is C25H20N2O5. The van der Waals surface area contributed by atoms with Gasteiger partial charge in [0.2, 0.25) is 0 Å². The van der Waals surface area contributed by atoms with Gasteiger partial charge >= 0.3 is 5.97 Å². The van der Waals surface area contributed by atoms with Crippen molar-refractivity contribution in [2.75, 3.05) is 19.5 Å². The molecule has 1 amide bonds. The van der Waals surface area contributed by atoms with Crippen molar-refractivity contribution in [2.24, 2.45) is 0 Å². The van der Waals surface area contributed by atoms with Crippen molar-refractivity contribution in [3.8, 4) is 22.8 Å². The van der Waals surface area contributed by atoms with E-state index in [0.29, 0.717) is 33.7 Å². The van der Waals surface area contributed by atoms with Crippen molar-refractivity contribution in [2.45, 2.75) is 0 Å². The highest BCUT2D eigenvalue weighted by Gasteiger charge is 2.18. The number of fused-ring (bicyclic) bond motifs is 1. The van der Waals surface area contributed by atoms with Gasteiger partial charge in [-0.05, 0) is 42.5 Å². The summed E-state index contributed by atoms with van der Waals surface area (Å²) < 4.78 is 10.7. The highest BCUT2D eigenvalue weighted by molar-refractivity contribution is 6.14. The molecule has 7 heteroatoms. The number of ether oxygens (including phenoxy) is 2. The van der Waals surface area contributed by atoms with Crippen LogP contribution in [-0.4, -0.2) is 36.2 Å². The molecule has 3 aromatic carbocycles. The molecule has 160 valence electrons. The number of nitrogens with zero attached hydrogens (tertiary/aromatic N) is 1. The first-order chi connectivity index (χ1) is 15.5. The van der Waals surface area contributed by atoms with E-state index in [0.717, 1.165) is 5.56 Å². The van der Waals surface area contributed by atoms with E-state index in [4.69, 9.17) is 14.5 Å². The minimum absolute atomic E-state index is 0.0133. The lowest BCUT2D eigenvalue weighted by molar-refractivity contribution is 0.0698. The molecule has 0 radical (unpaired) electrons. The van der Waals surface area contributed by atoms with Gasteiger partial charge in [-0.2, -0.15) is 0 Å². The van der Waals surface area contributed by atoms with Gasteiger partial charge in [0.05, 0.1) is 42.2 Å². The van der Waals surface area contributed by atoms with Gasteiger partial charge in [0.1, 0.15) is 0 Å². The Kier molecular flexibility index (Phi) is 5.72. The number of para-hydroxylation sites is 2. The van der Waals surface area contributed by atoms with Gasteiger partial charge in [-0.3, -0.25) is 4.79 Å². The Balaban J connectivity index is 1.82. The van der Waals surface area contributed by atoms with Crippen LogP contribution < -0.4 is 14.8 Å². The third-order valence-corrected chi connectivity index (χ3v) is 5.05. The number of rotatable bonds is 6. The predicted octanol–water partition coefficient (Wildman–Crippen LogP) is 4.87. The molecular weight excluding hydrogens is 408 g/mol. The average molecular weight is 428 g/mol. The number of carbonyl (C=O) groups is 2. The molecule has 2 N–H and O–H groups in total. The van der Waals surface area contributed by atoms with Gasteiger partial charge < -0.3 is 19.9 Å². The molecule has 0 spiro atoms. The van der Waals surface area contributed by atoms with Gasteiger partial charge in [0, 0.05) is 10.9 Å². The maximum absolute atomic E-state index is 13.2. The van der Waals surface area contributed by atoms with Crippen molar-refractivity contribution in [3.63, 3.8) is 0 Å². The fourth-order valence-electron chi connectivity index (χ4n) is 3.47. The van der Waals surface area contributed by atoms with E-state index in [9.17, 15) is 14.7 Å². The van der Waals surface area contributed by atoms with Gasteiger partial charge in [0.15, 0.2) is 11.5 Å². The van der Waals surface area contributed by atoms with Crippen molar-refractivity contribution in [3.05, 3.63) is 83.9 Å². The Labute approximate surface area is 184 Å². The number of benzene rings is 3. The summed E-state index contributed by atoms with van der Waals surface area (Å²) in [4.78, 5) is 29.5. The number of aromatic nitrogens is 1. The van der Waals surface area contributed by atoms with Crippen molar-refractivity contribution in [1.82, 2.24) is 4.98 Å². The molecule has 32 heavy (non-hydrogen) atoms. The summed E-state index contributed by atoms with van der Waals surface area (Å²) in [5.74, 6) is -0.424. The van der Waals surface area contributed by atoms with E-state index in [1.165, 1.54) is 6.07 Å². The summed E-state index contributed by atoms with van der Waals surface area (Å²) >= 11 is 0. The van der Waals surface area contributed by atoms with Crippen LogP contribution in [0.1, 0.15) is 20.7 Å². The Hall–Kier alpha value is -4.39. The fraction of sp³-hybridized carbons (Fsp3) is 0.0800. The molecule has 1 heterocycles. The minimum Gasteiger partial charge on any atom is -0.493 e. The lowest BCUT2D eigenvalue weighted by Gasteiger charge is -2.13. The summed E-state index contributed by atoms with van der Waals surface area (Å²) in [5, 5.41) is 12.8. The van der Waals surface area contributed by atoms with E-state index < -0.39 is 11.9 Å². The number of anilines is 1. The van der Waals surface area contributed by atoms with E-state index in [2.05, 4.69) is 5.32 Å². The Morgan fingerprint density at radius 3 is 2.31 bits per heavy atom. The molecule has 0 saturated carbocycles. The Morgan fingerprint density at radius 2 is 1.56 bits per heavy atom. The maximum Gasteiger partial charge on any atom is 0.337 e. The second kappa shape index (κ2) is 8.77. The number of carboxylic acid groups (broad SMARTS) is 1. The number of pyridine rings is 1. The van der Waals surface area contributed by atoms with Crippen LogP contribution in [0.4, 0.5) is 5.69 Å². The van der Waals surface area contributed by atoms with Crippen LogP contribution in [0.2, 0.25) is 0 Å². The first-order valence-electron chi connectivity index (χ1n) is 9.77. The van der Waals surface area contributed by atoms with Gasteiger partial charge in [-0.15, -0.1) is 0 Å². The van der Waals surface area contributed by atoms with E-state index in [1.807, 2.05) is 24.3 Å². The molecule has 4 aromatic rings. The van der Waals surface area contributed by atoms with Crippen LogP contribution in [0.15, 0.2) is 72.8 Å². The number of amides is 1. The minimum atomic E-state index is -1.12. The zero-order valence-electron chi connectivity index (χ0n) is 17.5. The first-order valence-corrected chi connectivity index (χ1v) is 9.77. The van der Waals surface area contributed by atoms with Crippen LogP contribution >= 0.6 is 0 Å². The molecule has 0 aliphatic carbocycles. The van der Waals surface area contributed by atoms with Crippen LogP contribution in [0.5, 0.6) is 11.5 Å². The van der Waals surface area contributed by atoms with Gasteiger partial charge in [0.25, 0.3) is 5.91 Å². The highest BCUT2D eigenvalue weighted by Crippen LogP contribution is 2.33. The molecule has 0 bridgehead atoms. The maximum atomic E-state index is 13.2. The molecule has 0 unspecified atom stereocenters. The van der Waals surface area contributed by atoms with Gasteiger partial charge in [-0.1, -0.05) is 30.3 Å².